The Kier molecular flexibility index (Phi) is 6.51. The van der Waals surface area contributed by atoms with E-state index in [1.165, 1.54) is 6.42 Å². The quantitative estimate of drug-likeness (QED) is 0.756. The van der Waals surface area contributed by atoms with Crippen molar-refractivity contribution in [2.75, 3.05) is 12.3 Å². The molecule has 0 bridgehead atoms. The van der Waals surface area contributed by atoms with Gasteiger partial charge in [-0.25, -0.2) is 4.98 Å². The Morgan fingerprint density at radius 2 is 2.24 bits per heavy atom. The smallest absolute Gasteiger partial charge is 0.220 e. The lowest BCUT2D eigenvalue weighted by Crippen LogP contribution is -2.44. The van der Waals surface area contributed by atoms with Gasteiger partial charge in [0.2, 0.25) is 5.91 Å². The van der Waals surface area contributed by atoms with Crippen molar-refractivity contribution < 1.29 is 9.90 Å². The van der Waals surface area contributed by atoms with Gasteiger partial charge in [-0.05, 0) is 19.8 Å². The third-order valence-electron chi connectivity index (χ3n) is 3.79. The molecule has 1 aromatic rings. The Hall–Kier alpha value is -0.590. The zero-order valence-corrected chi connectivity index (χ0v) is 14.2. The number of nitrogens with one attached hydrogen (secondary N) is 1. The van der Waals surface area contributed by atoms with Gasteiger partial charge in [0.15, 0.2) is 0 Å². The fourth-order valence-electron chi connectivity index (χ4n) is 2.55. The molecule has 1 aliphatic rings. The second-order valence-corrected chi connectivity index (χ2v) is 7.89. The molecule has 2 N–H and O–H groups in total. The first-order valence-electron chi connectivity index (χ1n) is 7.55. The topological polar surface area (TPSA) is 62.2 Å². The van der Waals surface area contributed by atoms with Gasteiger partial charge in [0.05, 0.1) is 16.3 Å². The average molecular weight is 329 g/mol. The van der Waals surface area contributed by atoms with Crippen molar-refractivity contribution in [3.8, 4) is 0 Å². The van der Waals surface area contributed by atoms with E-state index in [0.717, 1.165) is 47.9 Å². The van der Waals surface area contributed by atoms with Gasteiger partial charge >= 0.3 is 0 Å². The molecule has 0 atom stereocenters. The van der Waals surface area contributed by atoms with Gasteiger partial charge in [-0.2, -0.15) is 11.8 Å². The number of carbonyl (C=O) groups excluding carboxylic acids is 1. The van der Waals surface area contributed by atoms with Crippen LogP contribution in [0.1, 0.15) is 49.2 Å². The Labute approximate surface area is 134 Å². The predicted octanol–water partition coefficient (Wildman–Crippen LogP) is 2.89. The second-order valence-electron chi connectivity index (χ2n) is 5.72. The van der Waals surface area contributed by atoms with Crippen molar-refractivity contribution in [3.05, 3.63) is 16.1 Å². The van der Waals surface area contributed by atoms with Crippen LogP contribution < -0.4 is 5.32 Å². The van der Waals surface area contributed by atoms with Gasteiger partial charge in [-0.3, -0.25) is 4.79 Å². The summed E-state index contributed by atoms with van der Waals surface area (Å²) in [6, 6.07) is 0. The third-order valence-corrected chi connectivity index (χ3v) is 5.60. The maximum absolute atomic E-state index is 11.8. The lowest BCUT2D eigenvalue weighted by atomic mass is 9.85. The van der Waals surface area contributed by atoms with Crippen LogP contribution in [0.5, 0.6) is 0 Å². The van der Waals surface area contributed by atoms with E-state index >= 15 is 0 Å². The van der Waals surface area contributed by atoms with Gasteiger partial charge < -0.3 is 10.4 Å². The van der Waals surface area contributed by atoms with Crippen molar-refractivity contribution in [2.45, 2.75) is 56.8 Å². The second kappa shape index (κ2) is 8.15. The zero-order valence-electron chi connectivity index (χ0n) is 12.6. The van der Waals surface area contributed by atoms with Crippen LogP contribution in [0.15, 0.2) is 5.38 Å². The van der Waals surface area contributed by atoms with Crippen LogP contribution in [0, 0.1) is 6.92 Å². The minimum absolute atomic E-state index is 0.0379. The number of aryl methyl sites for hydroxylation is 1. The SMILES string of the molecule is Cc1nc(CSCCC(=O)NCC2(O)CCCCC2)cs1. The van der Waals surface area contributed by atoms with E-state index in [1.54, 1.807) is 23.1 Å². The predicted molar refractivity (Wildman–Crippen MR) is 88.7 cm³/mol. The fourth-order valence-corrected chi connectivity index (χ4v) is 4.10. The molecule has 0 saturated heterocycles. The van der Waals surface area contributed by atoms with E-state index in [-0.39, 0.29) is 5.91 Å². The number of aliphatic hydroxyl groups is 1. The molecule has 1 saturated carbocycles. The van der Waals surface area contributed by atoms with Crippen molar-refractivity contribution in [1.82, 2.24) is 10.3 Å². The number of thioether (sulfide) groups is 1. The summed E-state index contributed by atoms with van der Waals surface area (Å²) >= 11 is 3.39. The first-order chi connectivity index (χ1) is 10.1. The molecule has 6 heteroatoms. The van der Waals surface area contributed by atoms with E-state index in [1.807, 2.05) is 6.92 Å². The van der Waals surface area contributed by atoms with E-state index in [0.29, 0.717) is 13.0 Å². The number of rotatable bonds is 7. The highest BCUT2D eigenvalue weighted by atomic mass is 32.2. The minimum atomic E-state index is -0.667. The maximum atomic E-state index is 11.8. The van der Waals surface area contributed by atoms with Crippen LogP contribution in [0.4, 0.5) is 0 Å². The van der Waals surface area contributed by atoms with Gasteiger partial charge in [0.1, 0.15) is 0 Å². The number of carbonyl (C=O) groups is 1. The van der Waals surface area contributed by atoms with Crippen molar-refractivity contribution >= 4 is 29.0 Å². The van der Waals surface area contributed by atoms with E-state index in [2.05, 4.69) is 15.7 Å². The van der Waals surface area contributed by atoms with Crippen molar-refractivity contribution in [1.29, 1.82) is 0 Å². The van der Waals surface area contributed by atoms with Crippen LogP contribution >= 0.6 is 23.1 Å². The van der Waals surface area contributed by atoms with E-state index < -0.39 is 5.60 Å². The Morgan fingerprint density at radius 3 is 2.90 bits per heavy atom. The summed E-state index contributed by atoms with van der Waals surface area (Å²) < 4.78 is 0. The molecular formula is C15H24N2O2S2. The van der Waals surface area contributed by atoms with Crippen molar-refractivity contribution in [3.63, 3.8) is 0 Å². The number of amides is 1. The number of nitrogens with zero attached hydrogens (tertiary/aromatic N) is 1. The largest absolute Gasteiger partial charge is 0.388 e. The molecule has 1 amide bonds. The van der Waals surface area contributed by atoms with Crippen LogP contribution in [0.3, 0.4) is 0 Å². The van der Waals surface area contributed by atoms with Crippen molar-refractivity contribution in [2.24, 2.45) is 0 Å². The Morgan fingerprint density at radius 1 is 1.48 bits per heavy atom. The normalized spacial score (nSPS) is 17.6. The van der Waals surface area contributed by atoms with Gasteiger partial charge in [-0.15, -0.1) is 11.3 Å². The fraction of sp³-hybridized carbons (Fsp3) is 0.733. The highest BCUT2D eigenvalue weighted by molar-refractivity contribution is 7.98. The summed E-state index contributed by atoms with van der Waals surface area (Å²) in [5.41, 5.74) is 0.429. The zero-order chi connectivity index (χ0) is 15.1. The molecule has 1 fully saturated rings. The molecule has 0 aliphatic heterocycles. The Balaban J connectivity index is 1.57. The molecule has 1 aromatic heterocycles. The van der Waals surface area contributed by atoms with Gasteiger partial charge in [0.25, 0.3) is 0 Å². The molecule has 2 rings (SSSR count). The number of aromatic nitrogens is 1. The third kappa shape index (κ3) is 5.96. The lowest BCUT2D eigenvalue weighted by molar-refractivity contribution is -0.122. The lowest BCUT2D eigenvalue weighted by Gasteiger charge is -2.32. The average Bonchev–Trinajstić information content (AvgIpc) is 2.88. The number of thiazole rings is 1. The van der Waals surface area contributed by atoms with Crippen LogP contribution in [0.25, 0.3) is 0 Å². The summed E-state index contributed by atoms with van der Waals surface area (Å²) in [7, 11) is 0. The maximum Gasteiger partial charge on any atom is 0.220 e. The highest BCUT2D eigenvalue weighted by Crippen LogP contribution is 2.27. The van der Waals surface area contributed by atoms with Gasteiger partial charge in [0, 0.05) is 29.9 Å². The minimum Gasteiger partial charge on any atom is -0.388 e. The Bertz CT molecular complexity index is 456. The van der Waals surface area contributed by atoms with E-state index in [9.17, 15) is 9.90 Å². The van der Waals surface area contributed by atoms with Gasteiger partial charge in [-0.1, -0.05) is 19.3 Å². The van der Waals surface area contributed by atoms with Crippen LogP contribution in [0.2, 0.25) is 0 Å². The molecule has 0 unspecified atom stereocenters. The number of hydrogen-bond donors (Lipinski definition) is 2. The molecule has 0 aromatic carbocycles. The molecule has 0 radical (unpaired) electrons. The summed E-state index contributed by atoms with van der Waals surface area (Å²) in [5, 5.41) is 16.4. The molecular weight excluding hydrogens is 304 g/mol. The first kappa shape index (κ1) is 16.8. The monoisotopic (exact) mass is 328 g/mol. The molecule has 1 heterocycles. The standard InChI is InChI=1S/C15H24N2O2S2/c1-12-17-13(10-21-12)9-20-8-5-14(18)16-11-15(19)6-3-2-4-7-15/h10,19H,2-9,11H2,1H3,(H,16,18). The molecule has 0 spiro atoms. The van der Waals surface area contributed by atoms with Crippen LogP contribution in [-0.4, -0.2) is 33.9 Å². The molecule has 1 aliphatic carbocycles. The summed E-state index contributed by atoms with van der Waals surface area (Å²) in [4.78, 5) is 16.2. The molecule has 118 valence electrons. The van der Waals surface area contributed by atoms with E-state index in [4.69, 9.17) is 0 Å². The molecule has 4 nitrogen and oxygen atoms in total. The highest BCUT2D eigenvalue weighted by Gasteiger charge is 2.29. The summed E-state index contributed by atoms with van der Waals surface area (Å²) in [6.07, 6.45) is 5.45. The first-order valence-corrected chi connectivity index (χ1v) is 9.59. The molecule has 21 heavy (non-hydrogen) atoms. The summed E-state index contributed by atoms with van der Waals surface area (Å²) in [6.45, 7) is 2.41. The number of hydrogen-bond acceptors (Lipinski definition) is 5. The summed E-state index contributed by atoms with van der Waals surface area (Å²) in [5.74, 6) is 1.69. The van der Waals surface area contributed by atoms with Crippen LogP contribution in [-0.2, 0) is 10.5 Å².